The number of hydrogen-bond donors (Lipinski definition) is 2. The van der Waals surface area contributed by atoms with Crippen LogP contribution in [-0.2, 0) is 5.60 Å². The van der Waals surface area contributed by atoms with Crippen molar-refractivity contribution in [2.45, 2.75) is 5.60 Å². The second-order valence-electron chi connectivity index (χ2n) is 4.43. The second-order valence-corrected chi connectivity index (χ2v) is 4.43. The van der Waals surface area contributed by atoms with E-state index in [2.05, 4.69) is 5.32 Å². The molecule has 1 aliphatic carbocycles. The first-order chi connectivity index (χ1) is 8.18. The molecule has 2 aromatic carbocycles. The van der Waals surface area contributed by atoms with Crippen molar-refractivity contribution in [3.8, 4) is 0 Å². The Labute approximate surface area is 99.1 Å². The van der Waals surface area contributed by atoms with Crippen molar-refractivity contribution < 1.29 is 9.90 Å². The van der Waals surface area contributed by atoms with Gasteiger partial charge < -0.3 is 10.4 Å². The van der Waals surface area contributed by atoms with Gasteiger partial charge in [-0.15, -0.1) is 0 Å². The lowest BCUT2D eigenvalue weighted by Crippen LogP contribution is -2.41. The SMILES string of the molecule is CNC[C@]1(O)C(=O)c2cccc3cccc1c23. The lowest BCUT2D eigenvalue weighted by atomic mass is 9.94. The molecular formula is C14H13NO2. The number of nitrogens with one attached hydrogen (secondary N) is 1. The Balaban J connectivity index is 2.38. The van der Waals surface area contributed by atoms with Crippen molar-refractivity contribution in [1.82, 2.24) is 5.32 Å². The van der Waals surface area contributed by atoms with Crippen LogP contribution in [0.25, 0.3) is 10.8 Å². The van der Waals surface area contributed by atoms with Gasteiger partial charge in [0.05, 0.1) is 0 Å². The van der Waals surface area contributed by atoms with Gasteiger partial charge in [0, 0.05) is 17.7 Å². The van der Waals surface area contributed by atoms with E-state index in [-0.39, 0.29) is 12.3 Å². The van der Waals surface area contributed by atoms with Gasteiger partial charge in [-0.2, -0.15) is 0 Å². The standard InChI is InChI=1S/C14H13NO2/c1-15-8-14(17)11-7-3-5-9-4-2-6-10(12(9)11)13(14)16/h2-7,15,17H,8H2,1H3/t14-/m1/s1. The second kappa shape index (κ2) is 3.39. The average molecular weight is 227 g/mol. The van der Waals surface area contributed by atoms with E-state index >= 15 is 0 Å². The molecule has 1 atom stereocenters. The summed E-state index contributed by atoms with van der Waals surface area (Å²) in [5, 5.41) is 15.4. The van der Waals surface area contributed by atoms with Gasteiger partial charge in [0.1, 0.15) is 0 Å². The maximum Gasteiger partial charge on any atom is 0.200 e. The molecule has 0 amide bonds. The predicted octanol–water partition coefficient (Wildman–Crippen LogP) is 1.44. The van der Waals surface area contributed by atoms with Crippen molar-refractivity contribution in [1.29, 1.82) is 0 Å². The number of benzene rings is 2. The third-order valence-electron chi connectivity index (χ3n) is 3.40. The minimum atomic E-state index is -1.42. The predicted molar refractivity (Wildman–Crippen MR) is 66.1 cm³/mol. The molecule has 17 heavy (non-hydrogen) atoms. The lowest BCUT2D eigenvalue weighted by Gasteiger charge is -2.21. The molecule has 0 unspecified atom stereocenters. The fraction of sp³-hybridized carbons (Fsp3) is 0.214. The Hall–Kier alpha value is -1.71. The number of rotatable bonds is 2. The molecule has 1 aliphatic rings. The molecule has 0 bridgehead atoms. The molecule has 3 rings (SSSR count). The van der Waals surface area contributed by atoms with Crippen LogP contribution in [0.4, 0.5) is 0 Å². The molecule has 0 heterocycles. The van der Waals surface area contributed by atoms with Crippen LogP contribution in [0.2, 0.25) is 0 Å². The minimum Gasteiger partial charge on any atom is -0.376 e. The first-order valence-electron chi connectivity index (χ1n) is 5.62. The Morgan fingerprint density at radius 2 is 1.94 bits per heavy atom. The summed E-state index contributed by atoms with van der Waals surface area (Å²) in [6, 6.07) is 11.3. The van der Waals surface area contributed by atoms with E-state index in [0.29, 0.717) is 11.1 Å². The molecule has 0 saturated heterocycles. The van der Waals surface area contributed by atoms with Crippen LogP contribution < -0.4 is 5.32 Å². The number of ketones is 1. The van der Waals surface area contributed by atoms with Gasteiger partial charge in [-0.1, -0.05) is 36.4 Å². The highest BCUT2D eigenvalue weighted by Gasteiger charge is 2.45. The molecule has 0 fully saturated rings. The largest absolute Gasteiger partial charge is 0.376 e. The van der Waals surface area contributed by atoms with Crippen LogP contribution in [0.15, 0.2) is 36.4 Å². The van der Waals surface area contributed by atoms with E-state index in [9.17, 15) is 9.90 Å². The molecule has 86 valence electrons. The number of aliphatic hydroxyl groups is 1. The molecule has 0 saturated carbocycles. The summed E-state index contributed by atoms with van der Waals surface area (Å²) in [7, 11) is 1.73. The Kier molecular flexibility index (Phi) is 2.08. The van der Waals surface area contributed by atoms with Gasteiger partial charge in [0.25, 0.3) is 0 Å². The third-order valence-corrected chi connectivity index (χ3v) is 3.40. The number of Topliss-reactive ketones (excluding diaryl/α,β-unsaturated/α-hetero) is 1. The van der Waals surface area contributed by atoms with Crippen LogP contribution in [0.1, 0.15) is 15.9 Å². The Bertz CT molecular complexity index is 615. The van der Waals surface area contributed by atoms with Crippen LogP contribution in [0.5, 0.6) is 0 Å². The van der Waals surface area contributed by atoms with Gasteiger partial charge in [-0.3, -0.25) is 4.79 Å². The van der Waals surface area contributed by atoms with Crippen LogP contribution >= 0.6 is 0 Å². The van der Waals surface area contributed by atoms with Gasteiger partial charge in [-0.05, 0) is 17.8 Å². The quantitative estimate of drug-likeness (QED) is 0.816. The molecular weight excluding hydrogens is 214 g/mol. The van der Waals surface area contributed by atoms with E-state index < -0.39 is 5.60 Å². The van der Waals surface area contributed by atoms with Gasteiger partial charge in [-0.25, -0.2) is 0 Å². The summed E-state index contributed by atoms with van der Waals surface area (Å²) in [5.74, 6) is -0.210. The summed E-state index contributed by atoms with van der Waals surface area (Å²) >= 11 is 0. The number of hydrogen-bond acceptors (Lipinski definition) is 3. The van der Waals surface area contributed by atoms with Crippen molar-refractivity contribution in [2.24, 2.45) is 0 Å². The number of carbonyl (C=O) groups is 1. The topological polar surface area (TPSA) is 49.3 Å². The van der Waals surface area contributed by atoms with Crippen molar-refractivity contribution >= 4 is 16.6 Å². The fourth-order valence-corrected chi connectivity index (χ4v) is 2.65. The zero-order chi connectivity index (χ0) is 12.0. The monoisotopic (exact) mass is 227 g/mol. The van der Waals surface area contributed by atoms with E-state index in [1.54, 1.807) is 13.1 Å². The smallest absolute Gasteiger partial charge is 0.200 e. The minimum absolute atomic E-state index is 0.210. The zero-order valence-corrected chi connectivity index (χ0v) is 9.53. The molecule has 0 spiro atoms. The van der Waals surface area contributed by atoms with E-state index in [4.69, 9.17) is 0 Å². The molecule has 0 aliphatic heterocycles. The summed E-state index contributed by atoms with van der Waals surface area (Å²) in [4.78, 5) is 12.3. The Morgan fingerprint density at radius 1 is 1.24 bits per heavy atom. The summed E-state index contributed by atoms with van der Waals surface area (Å²) in [6.45, 7) is 0.236. The number of likely N-dealkylation sites (N-methyl/N-ethyl adjacent to an activating group) is 1. The Morgan fingerprint density at radius 3 is 2.65 bits per heavy atom. The van der Waals surface area contributed by atoms with E-state index in [0.717, 1.165) is 10.8 Å². The number of carbonyl (C=O) groups excluding carboxylic acids is 1. The molecule has 3 nitrogen and oxygen atoms in total. The van der Waals surface area contributed by atoms with Crippen molar-refractivity contribution in [3.05, 3.63) is 47.5 Å². The third kappa shape index (κ3) is 1.21. The summed E-state index contributed by atoms with van der Waals surface area (Å²) in [5.41, 5.74) is -0.0846. The molecule has 0 radical (unpaired) electrons. The summed E-state index contributed by atoms with van der Waals surface area (Å²) in [6.07, 6.45) is 0. The lowest BCUT2D eigenvalue weighted by molar-refractivity contribution is 0.0343. The first kappa shape index (κ1) is 10.4. The molecule has 2 aromatic rings. The fourth-order valence-electron chi connectivity index (χ4n) is 2.65. The van der Waals surface area contributed by atoms with Crippen LogP contribution in [-0.4, -0.2) is 24.5 Å². The highest BCUT2D eigenvalue weighted by atomic mass is 16.3. The van der Waals surface area contributed by atoms with Crippen LogP contribution in [0, 0.1) is 0 Å². The average Bonchev–Trinajstić information content (AvgIpc) is 2.55. The maximum atomic E-state index is 12.3. The molecule has 2 N–H and O–H groups in total. The van der Waals surface area contributed by atoms with E-state index in [1.165, 1.54) is 0 Å². The summed E-state index contributed by atoms with van der Waals surface area (Å²) < 4.78 is 0. The molecule has 3 heteroatoms. The first-order valence-corrected chi connectivity index (χ1v) is 5.62. The highest BCUT2D eigenvalue weighted by molar-refractivity contribution is 6.19. The zero-order valence-electron chi connectivity index (χ0n) is 9.53. The molecule has 0 aromatic heterocycles. The van der Waals surface area contributed by atoms with Gasteiger partial charge in [0.2, 0.25) is 5.78 Å². The normalized spacial score (nSPS) is 22.4. The van der Waals surface area contributed by atoms with Gasteiger partial charge in [0.15, 0.2) is 5.60 Å². The van der Waals surface area contributed by atoms with Crippen molar-refractivity contribution in [3.63, 3.8) is 0 Å². The van der Waals surface area contributed by atoms with Gasteiger partial charge >= 0.3 is 0 Å². The van der Waals surface area contributed by atoms with Crippen LogP contribution in [0.3, 0.4) is 0 Å². The highest BCUT2D eigenvalue weighted by Crippen LogP contribution is 2.40. The maximum absolute atomic E-state index is 12.3. The van der Waals surface area contributed by atoms with Crippen molar-refractivity contribution in [2.75, 3.05) is 13.6 Å². The van der Waals surface area contributed by atoms with E-state index in [1.807, 2.05) is 30.3 Å².